The molecule has 0 bridgehead atoms. The van der Waals surface area contributed by atoms with E-state index in [1.54, 1.807) is 26.4 Å². The summed E-state index contributed by atoms with van der Waals surface area (Å²) < 4.78 is 21.8. The number of hydrogen-bond donors (Lipinski definition) is 1. The molecule has 0 aliphatic carbocycles. The fraction of sp³-hybridized carbons (Fsp3) is 0.364. The number of benzene rings is 2. The van der Waals surface area contributed by atoms with Crippen molar-refractivity contribution in [2.45, 2.75) is 19.8 Å². The maximum Gasteiger partial charge on any atom is 0.259 e. The number of hydrogen-bond acceptors (Lipinski definition) is 6. The van der Waals surface area contributed by atoms with Gasteiger partial charge in [0.2, 0.25) is 0 Å². The Morgan fingerprint density at radius 2 is 1.86 bits per heavy atom. The largest absolute Gasteiger partial charge is 0.494 e. The lowest BCUT2D eigenvalue weighted by atomic mass is 10.1. The van der Waals surface area contributed by atoms with Gasteiger partial charge in [0.25, 0.3) is 5.56 Å². The summed E-state index contributed by atoms with van der Waals surface area (Å²) in [6.45, 7) is 3.56. The summed E-state index contributed by atoms with van der Waals surface area (Å²) in [4.78, 5) is 20.2. The Labute approximate surface area is 169 Å². The number of unbranched alkanes of at least 4 members (excludes halogenated alkanes) is 1. The van der Waals surface area contributed by atoms with Gasteiger partial charge in [0.1, 0.15) is 18.2 Å². The number of methoxy groups -OCH3 is 2. The molecule has 0 radical (unpaired) electrons. The number of rotatable bonds is 10. The number of H-pyrrole nitrogens is 1. The Morgan fingerprint density at radius 3 is 2.62 bits per heavy atom. The summed E-state index contributed by atoms with van der Waals surface area (Å²) in [7, 11) is 3.15. The standard InChI is InChI=1S/C22H26N2O5/c1-4-5-9-28-16-8-6-7-15(12-16)21-23-18-14-19(27-3)20(29-11-10-26-2)13-17(18)22(25)24-21/h6-8,12-14H,4-5,9-11H2,1-3H3,(H,23,24,25). The first-order valence-electron chi connectivity index (χ1n) is 9.63. The van der Waals surface area contributed by atoms with Crippen LogP contribution in [-0.2, 0) is 4.74 Å². The highest BCUT2D eigenvalue weighted by molar-refractivity contribution is 5.83. The Morgan fingerprint density at radius 1 is 1.00 bits per heavy atom. The van der Waals surface area contributed by atoms with Gasteiger partial charge in [0, 0.05) is 18.7 Å². The molecule has 0 aliphatic heterocycles. The number of fused-ring (bicyclic) bond motifs is 1. The number of aromatic amines is 1. The second-order valence-corrected chi connectivity index (χ2v) is 6.51. The van der Waals surface area contributed by atoms with Crippen molar-refractivity contribution in [3.05, 3.63) is 46.8 Å². The monoisotopic (exact) mass is 398 g/mol. The van der Waals surface area contributed by atoms with Crippen molar-refractivity contribution < 1.29 is 18.9 Å². The van der Waals surface area contributed by atoms with Crippen LogP contribution in [0.25, 0.3) is 22.3 Å². The third-order valence-electron chi connectivity index (χ3n) is 4.41. The zero-order valence-corrected chi connectivity index (χ0v) is 17.0. The van der Waals surface area contributed by atoms with Gasteiger partial charge in [-0.05, 0) is 24.6 Å². The fourth-order valence-electron chi connectivity index (χ4n) is 2.86. The predicted molar refractivity (Wildman–Crippen MR) is 112 cm³/mol. The number of nitrogens with one attached hydrogen (secondary N) is 1. The highest BCUT2D eigenvalue weighted by Crippen LogP contribution is 2.31. The third kappa shape index (κ3) is 5.06. The minimum atomic E-state index is -0.249. The molecule has 0 fully saturated rings. The average molecular weight is 398 g/mol. The van der Waals surface area contributed by atoms with E-state index in [2.05, 4.69) is 16.9 Å². The summed E-state index contributed by atoms with van der Waals surface area (Å²) >= 11 is 0. The van der Waals surface area contributed by atoms with Gasteiger partial charge in [0.15, 0.2) is 11.5 Å². The van der Waals surface area contributed by atoms with Gasteiger partial charge in [-0.2, -0.15) is 0 Å². The molecular weight excluding hydrogens is 372 g/mol. The second kappa shape index (κ2) is 9.93. The maximum absolute atomic E-state index is 12.7. The van der Waals surface area contributed by atoms with Crippen molar-refractivity contribution >= 4 is 10.9 Å². The molecule has 0 atom stereocenters. The van der Waals surface area contributed by atoms with Crippen LogP contribution < -0.4 is 19.8 Å². The van der Waals surface area contributed by atoms with Crippen molar-refractivity contribution in [3.63, 3.8) is 0 Å². The van der Waals surface area contributed by atoms with Crippen LogP contribution in [0.1, 0.15) is 19.8 Å². The molecule has 2 aromatic carbocycles. The van der Waals surface area contributed by atoms with Crippen molar-refractivity contribution in [2.75, 3.05) is 34.0 Å². The summed E-state index contributed by atoms with van der Waals surface area (Å²) in [5, 5.41) is 0.428. The number of nitrogens with zero attached hydrogens (tertiary/aromatic N) is 1. The van der Waals surface area contributed by atoms with Gasteiger partial charge in [-0.25, -0.2) is 4.98 Å². The summed E-state index contributed by atoms with van der Waals surface area (Å²) in [6, 6.07) is 10.9. The lowest BCUT2D eigenvalue weighted by molar-refractivity contribution is 0.144. The van der Waals surface area contributed by atoms with Gasteiger partial charge in [-0.3, -0.25) is 4.79 Å². The Kier molecular flexibility index (Phi) is 7.08. The van der Waals surface area contributed by atoms with E-state index in [-0.39, 0.29) is 5.56 Å². The van der Waals surface area contributed by atoms with E-state index in [9.17, 15) is 4.79 Å². The molecule has 1 heterocycles. The number of ether oxygens (including phenoxy) is 4. The molecule has 154 valence electrons. The molecule has 1 N–H and O–H groups in total. The molecule has 0 aliphatic rings. The zero-order valence-electron chi connectivity index (χ0n) is 17.0. The van der Waals surface area contributed by atoms with Gasteiger partial charge in [0.05, 0.1) is 31.2 Å². The average Bonchev–Trinajstić information content (AvgIpc) is 2.74. The van der Waals surface area contributed by atoms with Crippen LogP contribution in [0.4, 0.5) is 0 Å². The van der Waals surface area contributed by atoms with Crippen LogP contribution in [0.3, 0.4) is 0 Å². The van der Waals surface area contributed by atoms with Crippen LogP contribution >= 0.6 is 0 Å². The van der Waals surface area contributed by atoms with Crippen LogP contribution in [0.5, 0.6) is 17.2 Å². The Hall–Kier alpha value is -3.06. The molecule has 7 heteroatoms. The van der Waals surface area contributed by atoms with E-state index in [0.29, 0.717) is 48.0 Å². The Bertz CT molecular complexity index is 1020. The first-order valence-corrected chi connectivity index (χ1v) is 9.63. The smallest absolute Gasteiger partial charge is 0.259 e. The van der Waals surface area contributed by atoms with Crippen molar-refractivity contribution in [3.8, 4) is 28.6 Å². The predicted octanol–water partition coefficient (Wildman–Crippen LogP) is 3.80. The summed E-state index contributed by atoms with van der Waals surface area (Å²) in [5.41, 5.74) is 1.05. The van der Waals surface area contributed by atoms with Crippen LogP contribution in [0.2, 0.25) is 0 Å². The van der Waals surface area contributed by atoms with Crippen LogP contribution in [-0.4, -0.2) is 44.0 Å². The maximum atomic E-state index is 12.7. The molecular formula is C22H26N2O5. The van der Waals surface area contributed by atoms with Crippen molar-refractivity contribution in [2.24, 2.45) is 0 Å². The minimum Gasteiger partial charge on any atom is -0.494 e. The third-order valence-corrected chi connectivity index (χ3v) is 4.41. The summed E-state index contributed by atoms with van der Waals surface area (Å²) in [6.07, 6.45) is 2.06. The van der Waals surface area contributed by atoms with E-state index in [4.69, 9.17) is 18.9 Å². The zero-order chi connectivity index (χ0) is 20.6. The molecule has 0 spiro atoms. The SMILES string of the molecule is CCCCOc1cccc(-c2nc3cc(OC)c(OCCOC)cc3c(=O)[nH]2)c1. The molecule has 0 unspecified atom stereocenters. The van der Waals surface area contributed by atoms with Crippen LogP contribution in [0.15, 0.2) is 41.2 Å². The van der Waals surface area contributed by atoms with Gasteiger partial charge >= 0.3 is 0 Å². The fourth-order valence-corrected chi connectivity index (χ4v) is 2.86. The molecule has 0 saturated heterocycles. The summed E-state index contributed by atoms with van der Waals surface area (Å²) in [5.74, 6) is 2.20. The van der Waals surface area contributed by atoms with Gasteiger partial charge < -0.3 is 23.9 Å². The van der Waals surface area contributed by atoms with Gasteiger partial charge in [-0.1, -0.05) is 25.5 Å². The molecule has 3 aromatic rings. The van der Waals surface area contributed by atoms with Crippen molar-refractivity contribution in [1.82, 2.24) is 9.97 Å². The van der Waals surface area contributed by atoms with Crippen LogP contribution in [0, 0.1) is 0 Å². The lowest BCUT2D eigenvalue weighted by Crippen LogP contribution is -2.11. The Balaban J connectivity index is 1.96. The molecule has 1 aromatic heterocycles. The number of aromatic nitrogens is 2. The molecule has 7 nitrogen and oxygen atoms in total. The van der Waals surface area contributed by atoms with Gasteiger partial charge in [-0.15, -0.1) is 0 Å². The minimum absolute atomic E-state index is 0.249. The van der Waals surface area contributed by atoms with E-state index in [0.717, 1.165) is 24.2 Å². The molecule has 29 heavy (non-hydrogen) atoms. The molecule has 0 amide bonds. The highest BCUT2D eigenvalue weighted by Gasteiger charge is 2.13. The van der Waals surface area contributed by atoms with E-state index < -0.39 is 0 Å². The first-order chi connectivity index (χ1) is 14.2. The molecule has 3 rings (SSSR count). The van der Waals surface area contributed by atoms with E-state index >= 15 is 0 Å². The highest BCUT2D eigenvalue weighted by atomic mass is 16.5. The van der Waals surface area contributed by atoms with E-state index in [1.165, 1.54) is 0 Å². The second-order valence-electron chi connectivity index (χ2n) is 6.51. The normalized spacial score (nSPS) is 10.9. The topological polar surface area (TPSA) is 82.7 Å². The lowest BCUT2D eigenvalue weighted by Gasteiger charge is -2.12. The first kappa shape index (κ1) is 20.7. The van der Waals surface area contributed by atoms with E-state index in [1.807, 2.05) is 24.3 Å². The van der Waals surface area contributed by atoms with Crippen molar-refractivity contribution in [1.29, 1.82) is 0 Å². The molecule has 0 saturated carbocycles. The quantitative estimate of drug-likeness (QED) is 0.523.